The number of nitrogens with two attached hydrogens (primary N) is 1. The second-order valence-corrected chi connectivity index (χ2v) is 5.84. The third-order valence-corrected chi connectivity index (χ3v) is 3.99. The molecule has 0 bridgehead atoms. The van der Waals surface area contributed by atoms with Crippen LogP contribution in [0.15, 0.2) is 42.5 Å². The van der Waals surface area contributed by atoms with Gasteiger partial charge in [0.15, 0.2) is 0 Å². The van der Waals surface area contributed by atoms with Crippen molar-refractivity contribution in [3.8, 4) is 0 Å². The molecule has 0 aliphatic rings. The van der Waals surface area contributed by atoms with E-state index in [-0.39, 0.29) is 23.1 Å². The van der Waals surface area contributed by atoms with Gasteiger partial charge in [0.1, 0.15) is 11.6 Å². The molecule has 2 nitrogen and oxygen atoms in total. The lowest BCUT2D eigenvalue weighted by molar-refractivity contribution is 0.352. The Morgan fingerprint density at radius 2 is 1.67 bits per heavy atom. The molecular weight excluding hydrogens is 270 g/mol. The third kappa shape index (κ3) is 3.12. The molecule has 0 aromatic heterocycles. The second kappa shape index (κ2) is 5.92. The van der Waals surface area contributed by atoms with E-state index in [4.69, 9.17) is 5.84 Å². The molecule has 2 aromatic rings. The van der Waals surface area contributed by atoms with Gasteiger partial charge in [0, 0.05) is 5.41 Å². The molecule has 0 saturated carbocycles. The van der Waals surface area contributed by atoms with Gasteiger partial charge < -0.3 is 0 Å². The van der Waals surface area contributed by atoms with Gasteiger partial charge in [-0.1, -0.05) is 38.1 Å². The van der Waals surface area contributed by atoms with Crippen molar-refractivity contribution in [3.63, 3.8) is 0 Å². The van der Waals surface area contributed by atoms with Crippen molar-refractivity contribution in [2.75, 3.05) is 0 Å². The Kier molecular flexibility index (Phi) is 4.40. The van der Waals surface area contributed by atoms with E-state index in [2.05, 4.69) is 5.43 Å². The van der Waals surface area contributed by atoms with E-state index in [0.717, 1.165) is 11.1 Å². The smallest absolute Gasteiger partial charge is 0.126 e. The molecule has 0 radical (unpaired) electrons. The molecular formula is C17H20F2N2. The molecule has 3 N–H and O–H groups in total. The maximum absolute atomic E-state index is 13.4. The highest BCUT2D eigenvalue weighted by atomic mass is 19.1. The van der Waals surface area contributed by atoms with Crippen molar-refractivity contribution in [1.82, 2.24) is 5.43 Å². The lowest BCUT2D eigenvalue weighted by atomic mass is 9.75. The third-order valence-electron chi connectivity index (χ3n) is 3.99. The lowest BCUT2D eigenvalue weighted by Crippen LogP contribution is -2.41. The molecule has 0 fully saturated rings. The van der Waals surface area contributed by atoms with Crippen LogP contribution in [-0.2, 0) is 5.41 Å². The van der Waals surface area contributed by atoms with Gasteiger partial charge in [-0.05, 0) is 41.8 Å². The highest BCUT2D eigenvalue weighted by Gasteiger charge is 2.32. The number of halogens is 2. The molecule has 21 heavy (non-hydrogen) atoms. The first-order valence-corrected chi connectivity index (χ1v) is 6.84. The maximum atomic E-state index is 13.4. The lowest BCUT2D eigenvalue weighted by Gasteiger charge is -2.35. The van der Waals surface area contributed by atoms with Crippen LogP contribution in [0.25, 0.3) is 0 Å². The van der Waals surface area contributed by atoms with Gasteiger partial charge in [0.25, 0.3) is 0 Å². The summed E-state index contributed by atoms with van der Waals surface area (Å²) in [7, 11) is 0. The Labute approximate surface area is 124 Å². The van der Waals surface area contributed by atoms with E-state index >= 15 is 0 Å². The Hall–Kier alpha value is -1.78. The summed E-state index contributed by atoms with van der Waals surface area (Å²) in [4.78, 5) is 0. The number of hydrazine groups is 1. The summed E-state index contributed by atoms with van der Waals surface area (Å²) in [6, 6.07) is 11.1. The molecule has 0 spiro atoms. The highest BCUT2D eigenvalue weighted by molar-refractivity contribution is 5.34. The molecule has 2 aromatic carbocycles. The molecule has 0 aliphatic carbocycles. The van der Waals surface area contributed by atoms with Crippen molar-refractivity contribution in [2.45, 2.75) is 32.2 Å². The normalized spacial score (nSPS) is 13.2. The molecule has 0 saturated heterocycles. The molecule has 0 aliphatic heterocycles. The molecule has 4 heteroatoms. The van der Waals surface area contributed by atoms with E-state index in [9.17, 15) is 8.78 Å². The predicted octanol–water partition coefficient (Wildman–Crippen LogP) is 3.76. The van der Waals surface area contributed by atoms with Crippen LogP contribution in [0, 0.1) is 18.6 Å². The predicted molar refractivity (Wildman–Crippen MR) is 80.6 cm³/mol. The molecule has 112 valence electrons. The fourth-order valence-corrected chi connectivity index (χ4v) is 2.61. The summed E-state index contributed by atoms with van der Waals surface area (Å²) in [6.45, 7) is 5.75. The molecule has 2 rings (SSSR count). The molecule has 0 heterocycles. The van der Waals surface area contributed by atoms with Crippen LogP contribution >= 0.6 is 0 Å². The number of rotatable bonds is 4. The van der Waals surface area contributed by atoms with Crippen molar-refractivity contribution in [3.05, 3.63) is 70.8 Å². The van der Waals surface area contributed by atoms with E-state index in [1.54, 1.807) is 31.2 Å². The Balaban J connectivity index is 2.43. The van der Waals surface area contributed by atoms with Crippen LogP contribution in [-0.4, -0.2) is 0 Å². The first-order chi connectivity index (χ1) is 9.86. The number of nitrogens with one attached hydrogen (secondary N) is 1. The largest absolute Gasteiger partial charge is 0.271 e. The van der Waals surface area contributed by atoms with Crippen LogP contribution in [0.1, 0.15) is 36.6 Å². The first kappa shape index (κ1) is 15.6. The zero-order valence-corrected chi connectivity index (χ0v) is 12.5. The fraction of sp³-hybridized carbons (Fsp3) is 0.294. The first-order valence-electron chi connectivity index (χ1n) is 6.84. The number of hydrogen-bond donors (Lipinski definition) is 2. The highest BCUT2D eigenvalue weighted by Crippen LogP contribution is 2.36. The van der Waals surface area contributed by atoms with Crippen LogP contribution in [0.5, 0.6) is 0 Å². The maximum Gasteiger partial charge on any atom is 0.126 e. The van der Waals surface area contributed by atoms with Gasteiger partial charge in [-0.3, -0.25) is 11.3 Å². The van der Waals surface area contributed by atoms with E-state index in [1.165, 1.54) is 18.2 Å². The number of benzene rings is 2. The standard InChI is InChI=1S/C17H20F2N2/c1-11-10-12(4-9-15(11)19)16(21-20)17(2,3)13-5-7-14(18)8-6-13/h4-10,16,21H,20H2,1-3H3. The van der Waals surface area contributed by atoms with E-state index < -0.39 is 0 Å². The Bertz CT molecular complexity index is 621. The quantitative estimate of drug-likeness (QED) is 0.664. The van der Waals surface area contributed by atoms with E-state index in [0.29, 0.717) is 5.56 Å². The number of aryl methyl sites for hydroxylation is 1. The topological polar surface area (TPSA) is 38.0 Å². The summed E-state index contributed by atoms with van der Waals surface area (Å²) in [5, 5.41) is 0. The van der Waals surface area contributed by atoms with Gasteiger partial charge in [0.2, 0.25) is 0 Å². The van der Waals surface area contributed by atoms with Crippen molar-refractivity contribution < 1.29 is 8.78 Å². The van der Waals surface area contributed by atoms with E-state index in [1.807, 2.05) is 13.8 Å². The van der Waals surface area contributed by atoms with Crippen molar-refractivity contribution in [2.24, 2.45) is 5.84 Å². The Morgan fingerprint density at radius 1 is 1.05 bits per heavy atom. The minimum atomic E-state index is -0.382. The Morgan fingerprint density at radius 3 is 2.19 bits per heavy atom. The minimum Gasteiger partial charge on any atom is -0.271 e. The van der Waals surface area contributed by atoms with Crippen LogP contribution in [0.4, 0.5) is 8.78 Å². The summed E-state index contributed by atoms with van der Waals surface area (Å²) < 4.78 is 26.5. The van der Waals surface area contributed by atoms with Crippen LogP contribution < -0.4 is 11.3 Å². The fourth-order valence-electron chi connectivity index (χ4n) is 2.61. The van der Waals surface area contributed by atoms with Gasteiger partial charge in [0.05, 0.1) is 6.04 Å². The molecule has 1 unspecified atom stereocenters. The van der Waals surface area contributed by atoms with Gasteiger partial charge >= 0.3 is 0 Å². The number of hydrogen-bond acceptors (Lipinski definition) is 2. The van der Waals surface area contributed by atoms with Crippen LogP contribution in [0.2, 0.25) is 0 Å². The second-order valence-electron chi connectivity index (χ2n) is 5.84. The van der Waals surface area contributed by atoms with Gasteiger partial charge in [-0.2, -0.15) is 0 Å². The SMILES string of the molecule is Cc1cc(C(NN)C(C)(C)c2ccc(F)cc2)ccc1F. The zero-order chi connectivity index (χ0) is 15.6. The average Bonchev–Trinajstić information content (AvgIpc) is 2.44. The summed E-state index contributed by atoms with van der Waals surface area (Å²) in [5.74, 6) is 5.21. The minimum absolute atomic E-state index is 0.220. The monoisotopic (exact) mass is 290 g/mol. The summed E-state index contributed by atoms with van der Waals surface area (Å²) in [5.41, 5.74) is 4.84. The molecule has 0 amide bonds. The summed E-state index contributed by atoms with van der Waals surface area (Å²) in [6.07, 6.45) is 0. The van der Waals surface area contributed by atoms with Gasteiger partial charge in [-0.15, -0.1) is 0 Å². The average molecular weight is 290 g/mol. The van der Waals surface area contributed by atoms with Crippen molar-refractivity contribution >= 4 is 0 Å². The van der Waals surface area contributed by atoms with Crippen molar-refractivity contribution in [1.29, 1.82) is 0 Å². The molecule has 1 atom stereocenters. The van der Waals surface area contributed by atoms with Gasteiger partial charge in [-0.25, -0.2) is 8.78 Å². The zero-order valence-electron chi connectivity index (χ0n) is 12.5. The van der Waals surface area contributed by atoms with Crippen LogP contribution in [0.3, 0.4) is 0 Å². The summed E-state index contributed by atoms with van der Waals surface area (Å²) >= 11 is 0.